The van der Waals surface area contributed by atoms with Crippen LogP contribution in [-0.2, 0) is 21.5 Å². The summed E-state index contributed by atoms with van der Waals surface area (Å²) in [4.78, 5) is 15.7. The van der Waals surface area contributed by atoms with Gasteiger partial charge in [-0.1, -0.05) is 36.2 Å². The van der Waals surface area contributed by atoms with Crippen LogP contribution in [0.15, 0.2) is 36.4 Å². The average Bonchev–Trinajstić information content (AvgIpc) is 2.75. The van der Waals surface area contributed by atoms with Gasteiger partial charge in [0, 0.05) is 41.6 Å². The zero-order valence-corrected chi connectivity index (χ0v) is 20.4. The van der Waals surface area contributed by atoms with Crippen LogP contribution in [0.2, 0.25) is 10.0 Å². The molecule has 3 rings (SSSR count). The van der Waals surface area contributed by atoms with Gasteiger partial charge in [-0.05, 0) is 79.9 Å². The van der Waals surface area contributed by atoms with Crippen molar-refractivity contribution < 1.29 is 13.9 Å². The second-order valence-electron chi connectivity index (χ2n) is 8.67. The van der Waals surface area contributed by atoms with E-state index in [4.69, 9.17) is 27.9 Å². The van der Waals surface area contributed by atoms with Crippen molar-refractivity contribution >= 4 is 29.1 Å². The minimum absolute atomic E-state index is 0.0323. The van der Waals surface area contributed by atoms with Crippen LogP contribution in [0.5, 0.6) is 0 Å². The quantitative estimate of drug-likeness (QED) is 0.551. The standard InChI is InChI=1S/C25H31Cl2FN2O2/c1-17-12-22(28)4-5-23(17)25(6-8-30(9-7-25)10-11-32-3)18(2)24(31)29-16-19-13-20(26)15-21(27)14-19/h4-5,12-15,18H,6-11,16H2,1-3H3,(H,29,31). The summed E-state index contributed by atoms with van der Waals surface area (Å²) in [6.07, 6.45) is 1.64. The number of piperidine rings is 1. The number of carbonyl (C=O) groups excluding carboxylic acids is 1. The molecular weight excluding hydrogens is 450 g/mol. The van der Waals surface area contributed by atoms with Crippen molar-refractivity contribution in [2.24, 2.45) is 5.92 Å². The number of aryl methyl sites for hydroxylation is 1. The zero-order valence-electron chi connectivity index (χ0n) is 18.9. The number of halogens is 3. The lowest BCUT2D eigenvalue weighted by molar-refractivity contribution is -0.127. The highest BCUT2D eigenvalue weighted by Crippen LogP contribution is 2.43. The fourth-order valence-corrected chi connectivity index (χ4v) is 5.39. The van der Waals surface area contributed by atoms with Gasteiger partial charge in [-0.25, -0.2) is 4.39 Å². The maximum Gasteiger partial charge on any atom is 0.223 e. The van der Waals surface area contributed by atoms with Crippen LogP contribution in [0.4, 0.5) is 4.39 Å². The predicted molar refractivity (Wildman–Crippen MR) is 128 cm³/mol. The summed E-state index contributed by atoms with van der Waals surface area (Å²) in [6, 6.07) is 10.2. The Kier molecular flexibility index (Phi) is 8.56. The van der Waals surface area contributed by atoms with Gasteiger partial charge in [-0.2, -0.15) is 0 Å². The summed E-state index contributed by atoms with van der Waals surface area (Å²) in [7, 11) is 1.70. The van der Waals surface area contributed by atoms with E-state index in [-0.39, 0.29) is 23.1 Å². The monoisotopic (exact) mass is 480 g/mol. The Morgan fingerprint density at radius 2 is 1.84 bits per heavy atom. The van der Waals surface area contributed by atoms with Crippen molar-refractivity contribution in [1.82, 2.24) is 10.2 Å². The van der Waals surface area contributed by atoms with Crippen molar-refractivity contribution in [2.45, 2.75) is 38.6 Å². The molecule has 0 bridgehead atoms. The molecule has 0 aliphatic carbocycles. The SMILES string of the molecule is COCCN1CCC(c2ccc(F)cc2C)(C(C)C(=O)NCc2cc(Cl)cc(Cl)c2)CC1. The largest absolute Gasteiger partial charge is 0.383 e. The van der Waals surface area contributed by atoms with Gasteiger partial charge in [-0.15, -0.1) is 0 Å². The van der Waals surface area contributed by atoms with Crippen LogP contribution < -0.4 is 5.32 Å². The Hall–Kier alpha value is -1.66. The lowest BCUT2D eigenvalue weighted by Gasteiger charge is -2.46. The molecule has 1 saturated heterocycles. The predicted octanol–water partition coefficient (Wildman–Crippen LogP) is 5.37. The van der Waals surface area contributed by atoms with Crippen LogP contribution in [0.25, 0.3) is 0 Å². The maximum atomic E-state index is 13.9. The summed E-state index contributed by atoms with van der Waals surface area (Å²) in [5.41, 5.74) is 2.43. The van der Waals surface area contributed by atoms with E-state index in [0.29, 0.717) is 23.2 Å². The third-order valence-corrected chi connectivity index (χ3v) is 7.13. The number of likely N-dealkylation sites (tertiary alicyclic amines) is 1. The first-order valence-electron chi connectivity index (χ1n) is 11.0. The number of rotatable bonds is 8. The van der Waals surface area contributed by atoms with E-state index < -0.39 is 0 Å². The minimum Gasteiger partial charge on any atom is -0.383 e. The van der Waals surface area contributed by atoms with E-state index in [1.807, 2.05) is 19.9 Å². The van der Waals surface area contributed by atoms with Gasteiger partial charge in [0.2, 0.25) is 5.91 Å². The number of methoxy groups -OCH3 is 1. The molecule has 32 heavy (non-hydrogen) atoms. The second-order valence-corrected chi connectivity index (χ2v) is 9.54. The smallest absolute Gasteiger partial charge is 0.223 e. The topological polar surface area (TPSA) is 41.6 Å². The third kappa shape index (κ3) is 5.82. The molecule has 1 heterocycles. The lowest BCUT2D eigenvalue weighted by Crippen LogP contribution is -2.51. The average molecular weight is 481 g/mol. The van der Waals surface area contributed by atoms with Gasteiger partial charge in [0.15, 0.2) is 0 Å². The van der Waals surface area contributed by atoms with Crippen LogP contribution in [0, 0.1) is 18.7 Å². The zero-order chi connectivity index (χ0) is 23.3. The highest BCUT2D eigenvalue weighted by molar-refractivity contribution is 6.34. The highest BCUT2D eigenvalue weighted by atomic mass is 35.5. The van der Waals surface area contributed by atoms with Crippen LogP contribution >= 0.6 is 23.2 Å². The molecular formula is C25H31Cl2FN2O2. The van der Waals surface area contributed by atoms with E-state index in [2.05, 4.69) is 10.2 Å². The number of hydrogen-bond donors (Lipinski definition) is 1. The van der Waals surface area contributed by atoms with Crippen molar-refractivity contribution in [3.8, 4) is 0 Å². The molecule has 0 radical (unpaired) electrons. The molecule has 1 unspecified atom stereocenters. The molecule has 7 heteroatoms. The molecule has 1 N–H and O–H groups in total. The van der Waals surface area contributed by atoms with Gasteiger partial charge in [0.05, 0.1) is 6.61 Å². The summed E-state index contributed by atoms with van der Waals surface area (Å²) in [6.45, 7) is 7.53. The first-order chi connectivity index (χ1) is 15.2. The summed E-state index contributed by atoms with van der Waals surface area (Å²) in [5, 5.41) is 4.13. The molecule has 4 nitrogen and oxygen atoms in total. The molecule has 1 aliphatic rings. The van der Waals surface area contributed by atoms with Gasteiger partial charge in [-0.3, -0.25) is 4.79 Å². The Balaban J connectivity index is 1.81. The Morgan fingerprint density at radius 1 is 1.19 bits per heavy atom. The lowest BCUT2D eigenvalue weighted by atomic mass is 9.63. The van der Waals surface area contributed by atoms with Crippen molar-refractivity contribution in [3.05, 3.63) is 69.0 Å². The number of ether oxygens (including phenoxy) is 1. The normalized spacial score (nSPS) is 17.2. The maximum absolute atomic E-state index is 13.9. The number of hydrogen-bond acceptors (Lipinski definition) is 3. The number of carbonyl (C=O) groups is 1. The van der Waals surface area contributed by atoms with E-state index in [1.165, 1.54) is 6.07 Å². The number of benzene rings is 2. The minimum atomic E-state index is -0.364. The molecule has 0 saturated carbocycles. The Bertz CT molecular complexity index is 925. The first kappa shape index (κ1) is 25.0. The molecule has 1 atom stereocenters. The molecule has 0 aromatic heterocycles. The van der Waals surface area contributed by atoms with E-state index >= 15 is 0 Å². The summed E-state index contributed by atoms with van der Waals surface area (Å²) >= 11 is 12.2. The van der Waals surface area contributed by atoms with Gasteiger partial charge >= 0.3 is 0 Å². The fourth-order valence-electron chi connectivity index (χ4n) is 4.82. The Labute approximate surface area is 200 Å². The molecule has 1 aliphatic heterocycles. The van der Waals surface area contributed by atoms with Gasteiger partial charge in [0.25, 0.3) is 0 Å². The third-order valence-electron chi connectivity index (χ3n) is 6.70. The highest BCUT2D eigenvalue weighted by Gasteiger charge is 2.44. The second kappa shape index (κ2) is 11.0. The Morgan fingerprint density at radius 3 is 2.44 bits per heavy atom. The van der Waals surface area contributed by atoms with Crippen molar-refractivity contribution in [2.75, 3.05) is 33.4 Å². The van der Waals surface area contributed by atoms with Crippen molar-refractivity contribution in [1.29, 1.82) is 0 Å². The number of amides is 1. The molecule has 1 fully saturated rings. The van der Waals surface area contributed by atoms with Crippen molar-refractivity contribution in [3.63, 3.8) is 0 Å². The van der Waals surface area contributed by atoms with E-state index in [1.54, 1.807) is 31.4 Å². The summed E-state index contributed by atoms with van der Waals surface area (Å²) < 4.78 is 19.1. The fraction of sp³-hybridized carbons (Fsp3) is 0.480. The summed E-state index contributed by atoms with van der Waals surface area (Å²) in [5.74, 6) is -0.574. The van der Waals surface area contributed by atoms with E-state index in [0.717, 1.165) is 49.2 Å². The molecule has 2 aromatic carbocycles. The number of nitrogens with one attached hydrogen (secondary N) is 1. The van der Waals surface area contributed by atoms with E-state index in [9.17, 15) is 9.18 Å². The van der Waals surface area contributed by atoms with Crippen LogP contribution in [0.3, 0.4) is 0 Å². The molecule has 1 amide bonds. The molecule has 174 valence electrons. The van der Waals surface area contributed by atoms with Gasteiger partial charge in [0.1, 0.15) is 5.82 Å². The molecule has 2 aromatic rings. The molecule has 0 spiro atoms. The van der Waals surface area contributed by atoms with Crippen LogP contribution in [-0.4, -0.2) is 44.2 Å². The first-order valence-corrected chi connectivity index (χ1v) is 11.7. The van der Waals surface area contributed by atoms with Gasteiger partial charge < -0.3 is 15.0 Å². The van der Waals surface area contributed by atoms with Crippen LogP contribution in [0.1, 0.15) is 36.5 Å². The number of nitrogens with zero attached hydrogens (tertiary/aromatic N) is 1.